The first-order valence-corrected chi connectivity index (χ1v) is 8.26. The van der Waals surface area contributed by atoms with E-state index in [2.05, 4.69) is 26.2 Å². The molecule has 0 amide bonds. The van der Waals surface area contributed by atoms with Crippen LogP contribution in [0, 0.1) is 0 Å². The second-order valence-electron chi connectivity index (χ2n) is 2.29. The third-order valence-corrected chi connectivity index (χ3v) is 5.95. The lowest BCUT2D eigenvalue weighted by molar-refractivity contribution is 1.36. The summed E-state index contributed by atoms with van der Waals surface area (Å²) in [7, 11) is 0. The van der Waals surface area contributed by atoms with Crippen molar-refractivity contribution in [2.75, 3.05) is 17.8 Å². The standard InChI is InChI=1S/C9H14S4/c1-4-11-7-6-8(12-5-2)13-9(7)10-3/h6H,4-5H2,1-3H3. The Bertz CT molecular complexity index is 254. The normalized spacial score (nSPS) is 10.7. The van der Waals surface area contributed by atoms with Gasteiger partial charge in [0.25, 0.3) is 0 Å². The van der Waals surface area contributed by atoms with Crippen molar-refractivity contribution in [3.8, 4) is 0 Å². The lowest BCUT2D eigenvalue weighted by Crippen LogP contribution is -1.68. The van der Waals surface area contributed by atoms with Crippen molar-refractivity contribution in [3.63, 3.8) is 0 Å². The van der Waals surface area contributed by atoms with Gasteiger partial charge in [-0.2, -0.15) is 0 Å². The molecule has 0 N–H and O–H groups in total. The Morgan fingerprint density at radius 1 is 1.23 bits per heavy atom. The maximum Gasteiger partial charge on any atom is 0.0744 e. The molecule has 0 atom stereocenters. The molecule has 0 aliphatic rings. The van der Waals surface area contributed by atoms with Crippen molar-refractivity contribution < 1.29 is 0 Å². The fraction of sp³-hybridized carbons (Fsp3) is 0.556. The highest BCUT2D eigenvalue weighted by molar-refractivity contribution is 8.04. The Morgan fingerprint density at radius 3 is 2.46 bits per heavy atom. The zero-order chi connectivity index (χ0) is 9.68. The Morgan fingerprint density at radius 2 is 1.92 bits per heavy atom. The summed E-state index contributed by atoms with van der Waals surface area (Å²) >= 11 is 7.69. The predicted octanol–water partition coefficient (Wildman–Crippen LogP) is 4.69. The van der Waals surface area contributed by atoms with E-state index in [4.69, 9.17) is 0 Å². The van der Waals surface area contributed by atoms with Gasteiger partial charge in [-0.05, 0) is 23.8 Å². The molecular formula is C9H14S4. The summed E-state index contributed by atoms with van der Waals surface area (Å²) in [6.07, 6.45) is 2.16. The first-order chi connectivity index (χ1) is 6.31. The fourth-order valence-electron chi connectivity index (χ4n) is 0.949. The molecule has 0 aromatic carbocycles. The van der Waals surface area contributed by atoms with E-state index < -0.39 is 0 Å². The van der Waals surface area contributed by atoms with Crippen LogP contribution >= 0.6 is 46.6 Å². The van der Waals surface area contributed by atoms with E-state index in [1.54, 1.807) is 0 Å². The van der Waals surface area contributed by atoms with Gasteiger partial charge in [0.05, 0.1) is 8.42 Å². The molecule has 74 valence electrons. The van der Waals surface area contributed by atoms with Gasteiger partial charge in [0, 0.05) is 4.90 Å². The van der Waals surface area contributed by atoms with Crippen LogP contribution in [0.2, 0.25) is 0 Å². The van der Waals surface area contributed by atoms with Crippen LogP contribution in [0.3, 0.4) is 0 Å². The molecule has 1 aromatic heterocycles. The van der Waals surface area contributed by atoms with Gasteiger partial charge in [-0.25, -0.2) is 0 Å². The Hall–Kier alpha value is 0.750. The van der Waals surface area contributed by atoms with Gasteiger partial charge >= 0.3 is 0 Å². The highest BCUT2D eigenvalue weighted by atomic mass is 32.2. The molecule has 4 heteroatoms. The van der Waals surface area contributed by atoms with Crippen LogP contribution in [0.1, 0.15) is 13.8 Å². The van der Waals surface area contributed by atoms with Crippen LogP contribution in [0.15, 0.2) is 19.4 Å². The summed E-state index contributed by atoms with van der Waals surface area (Å²) in [6, 6.07) is 2.33. The van der Waals surface area contributed by atoms with Gasteiger partial charge < -0.3 is 0 Å². The first-order valence-electron chi connectivity index (χ1n) is 4.25. The number of hydrogen-bond acceptors (Lipinski definition) is 4. The van der Waals surface area contributed by atoms with Crippen molar-refractivity contribution in [2.45, 2.75) is 27.2 Å². The lowest BCUT2D eigenvalue weighted by atomic mass is 10.7. The van der Waals surface area contributed by atoms with Gasteiger partial charge in [-0.1, -0.05) is 13.8 Å². The molecule has 1 heterocycles. The molecule has 0 saturated heterocycles. The molecule has 13 heavy (non-hydrogen) atoms. The van der Waals surface area contributed by atoms with E-state index in [0.29, 0.717) is 0 Å². The predicted molar refractivity (Wildman–Crippen MR) is 68.9 cm³/mol. The molecule has 0 saturated carbocycles. The molecule has 1 aromatic rings. The van der Waals surface area contributed by atoms with E-state index in [1.165, 1.54) is 24.8 Å². The summed E-state index contributed by atoms with van der Waals surface area (Å²) in [5.41, 5.74) is 0. The molecule has 0 aliphatic heterocycles. The quantitative estimate of drug-likeness (QED) is 0.696. The number of rotatable bonds is 5. The summed E-state index contributed by atoms with van der Waals surface area (Å²) in [4.78, 5) is 1.47. The largest absolute Gasteiger partial charge is 0.124 e. The third kappa shape index (κ3) is 3.42. The lowest BCUT2D eigenvalue weighted by Gasteiger charge is -1.95. The summed E-state index contributed by atoms with van der Waals surface area (Å²) < 4.78 is 2.94. The van der Waals surface area contributed by atoms with Crippen molar-refractivity contribution in [2.24, 2.45) is 0 Å². The second-order valence-corrected chi connectivity index (χ2v) is 7.28. The Kier molecular flexibility index (Phi) is 5.71. The van der Waals surface area contributed by atoms with Gasteiger partial charge in [-0.15, -0.1) is 46.6 Å². The molecule has 0 radical (unpaired) electrons. The molecule has 1 rings (SSSR count). The van der Waals surface area contributed by atoms with Crippen LogP contribution in [0.25, 0.3) is 0 Å². The van der Waals surface area contributed by atoms with Crippen LogP contribution in [0.5, 0.6) is 0 Å². The van der Waals surface area contributed by atoms with Gasteiger partial charge in [0.1, 0.15) is 0 Å². The monoisotopic (exact) mass is 250 g/mol. The molecule has 0 spiro atoms. The average Bonchev–Trinajstić information content (AvgIpc) is 2.49. The summed E-state index contributed by atoms with van der Waals surface area (Å²) in [5.74, 6) is 2.34. The summed E-state index contributed by atoms with van der Waals surface area (Å²) in [6.45, 7) is 4.41. The minimum absolute atomic E-state index is 1.17. The average molecular weight is 250 g/mol. The maximum atomic E-state index is 2.33. The minimum atomic E-state index is 1.17. The zero-order valence-corrected chi connectivity index (χ0v) is 11.4. The SMILES string of the molecule is CCSc1cc(SCC)c(SC)s1. The van der Waals surface area contributed by atoms with Gasteiger partial charge in [0.2, 0.25) is 0 Å². The maximum absolute atomic E-state index is 2.33. The van der Waals surface area contributed by atoms with Crippen molar-refractivity contribution in [1.29, 1.82) is 0 Å². The van der Waals surface area contributed by atoms with Crippen molar-refractivity contribution in [3.05, 3.63) is 6.07 Å². The van der Waals surface area contributed by atoms with Gasteiger partial charge in [0.15, 0.2) is 0 Å². The Labute approximate surface area is 97.3 Å². The van der Waals surface area contributed by atoms with E-state index in [9.17, 15) is 0 Å². The van der Waals surface area contributed by atoms with E-state index in [1.807, 2.05) is 46.6 Å². The number of thiophene rings is 1. The highest BCUT2D eigenvalue weighted by Crippen LogP contribution is 2.41. The van der Waals surface area contributed by atoms with E-state index >= 15 is 0 Å². The van der Waals surface area contributed by atoms with Gasteiger partial charge in [-0.3, -0.25) is 0 Å². The highest BCUT2D eigenvalue weighted by Gasteiger charge is 2.07. The van der Waals surface area contributed by atoms with Crippen LogP contribution in [-0.4, -0.2) is 17.8 Å². The van der Waals surface area contributed by atoms with Crippen LogP contribution in [-0.2, 0) is 0 Å². The van der Waals surface area contributed by atoms with Crippen LogP contribution < -0.4 is 0 Å². The van der Waals surface area contributed by atoms with Crippen molar-refractivity contribution >= 4 is 46.6 Å². The second kappa shape index (κ2) is 6.27. The molecule has 0 aliphatic carbocycles. The molecular weight excluding hydrogens is 236 g/mol. The first kappa shape index (κ1) is 11.8. The number of thioether (sulfide) groups is 3. The van der Waals surface area contributed by atoms with Crippen LogP contribution in [0.4, 0.5) is 0 Å². The molecule has 0 bridgehead atoms. The minimum Gasteiger partial charge on any atom is -0.124 e. The zero-order valence-electron chi connectivity index (χ0n) is 8.12. The van der Waals surface area contributed by atoms with Crippen molar-refractivity contribution in [1.82, 2.24) is 0 Å². The molecule has 0 fully saturated rings. The number of hydrogen-bond donors (Lipinski definition) is 0. The Balaban J connectivity index is 2.77. The molecule has 0 nitrogen and oxygen atoms in total. The smallest absolute Gasteiger partial charge is 0.0744 e. The molecule has 0 unspecified atom stereocenters. The van der Waals surface area contributed by atoms with E-state index in [-0.39, 0.29) is 0 Å². The fourth-order valence-corrected chi connectivity index (χ4v) is 5.32. The van der Waals surface area contributed by atoms with E-state index in [0.717, 1.165) is 0 Å². The third-order valence-electron chi connectivity index (χ3n) is 1.42. The topological polar surface area (TPSA) is 0 Å². The summed E-state index contributed by atoms with van der Waals surface area (Å²) in [5, 5.41) is 0.